The predicted molar refractivity (Wildman–Crippen MR) is 116 cm³/mol. The Hall–Kier alpha value is -2.42. The molecule has 158 valence electrons. The molecule has 3 aromatic rings. The molecule has 2 heterocycles. The zero-order chi connectivity index (χ0) is 21.5. The summed E-state index contributed by atoms with van der Waals surface area (Å²) in [4.78, 5) is 1.84. The number of aromatic nitrogens is 2. The van der Waals surface area contributed by atoms with E-state index in [0.29, 0.717) is 36.0 Å². The third kappa shape index (κ3) is 4.08. The van der Waals surface area contributed by atoms with Gasteiger partial charge in [-0.3, -0.25) is 4.68 Å². The average Bonchev–Trinajstić information content (AvgIpc) is 3.14. The van der Waals surface area contributed by atoms with Gasteiger partial charge in [0.05, 0.1) is 22.0 Å². The fourth-order valence-electron chi connectivity index (χ4n) is 3.68. The van der Waals surface area contributed by atoms with Crippen LogP contribution in [0.3, 0.4) is 0 Å². The third-order valence-electron chi connectivity index (χ3n) is 5.14. The van der Waals surface area contributed by atoms with Crippen LogP contribution in [0.15, 0.2) is 53.6 Å². The molecule has 0 radical (unpaired) electrons. The van der Waals surface area contributed by atoms with Crippen LogP contribution >= 0.6 is 11.6 Å². The van der Waals surface area contributed by atoms with Gasteiger partial charge in [-0.25, -0.2) is 12.8 Å². The standard InChI is InChI=1S/C21H22ClFN4O2S/c1-2-27-8-7-19(25-27)17-9-20-21(10-18(17)23)30(28,29)13-16(24)12-26(20)11-14-3-5-15(22)6-4-14/h3-10,16H,2,11-13,24H2,1H3/t16-/m1/s1. The summed E-state index contributed by atoms with van der Waals surface area (Å²) >= 11 is 5.98. The average molecular weight is 449 g/mol. The molecule has 30 heavy (non-hydrogen) atoms. The molecule has 1 atom stereocenters. The number of nitrogens with two attached hydrogens (primary N) is 1. The van der Waals surface area contributed by atoms with Crippen LogP contribution in [0.5, 0.6) is 0 Å². The maximum Gasteiger partial charge on any atom is 0.182 e. The van der Waals surface area contributed by atoms with Crippen molar-refractivity contribution in [3.05, 3.63) is 65.1 Å². The van der Waals surface area contributed by atoms with Crippen molar-refractivity contribution >= 4 is 27.1 Å². The lowest BCUT2D eigenvalue weighted by Gasteiger charge is -2.26. The van der Waals surface area contributed by atoms with Crippen LogP contribution in [0.4, 0.5) is 10.1 Å². The predicted octanol–water partition coefficient (Wildman–Crippen LogP) is 3.48. The molecule has 2 N–H and O–H groups in total. The Morgan fingerprint density at radius 3 is 2.63 bits per heavy atom. The highest BCUT2D eigenvalue weighted by Crippen LogP contribution is 2.36. The van der Waals surface area contributed by atoms with Crippen LogP contribution in [0.2, 0.25) is 5.02 Å². The van der Waals surface area contributed by atoms with Gasteiger partial charge >= 0.3 is 0 Å². The van der Waals surface area contributed by atoms with Crippen LogP contribution in [0.25, 0.3) is 11.3 Å². The van der Waals surface area contributed by atoms with Gasteiger partial charge in [-0.1, -0.05) is 23.7 Å². The molecule has 0 aliphatic carbocycles. The lowest BCUT2D eigenvalue weighted by atomic mass is 10.1. The molecule has 0 bridgehead atoms. The fourth-order valence-corrected chi connectivity index (χ4v) is 5.45. The van der Waals surface area contributed by atoms with Crippen molar-refractivity contribution in [2.75, 3.05) is 17.2 Å². The molecule has 2 aromatic carbocycles. The van der Waals surface area contributed by atoms with Crippen LogP contribution < -0.4 is 10.6 Å². The summed E-state index contributed by atoms with van der Waals surface area (Å²) in [5.74, 6) is -0.860. The molecule has 9 heteroatoms. The molecule has 0 amide bonds. The molecule has 4 rings (SSSR count). The molecule has 0 saturated heterocycles. The van der Waals surface area contributed by atoms with Gasteiger partial charge in [0.1, 0.15) is 5.82 Å². The van der Waals surface area contributed by atoms with Crippen LogP contribution in [0, 0.1) is 5.82 Å². The Balaban J connectivity index is 1.84. The van der Waals surface area contributed by atoms with Crippen LogP contribution in [-0.2, 0) is 22.9 Å². The number of nitrogens with zero attached hydrogens (tertiary/aromatic N) is 3. The van der Waals surface area contributed by atoms with Gasteiger partial charge in [0.15, 0.2) is 9.84 Å². The van der Waals surface area contributed by atoms with Gasteiger partial charge in [0.25, 0.3) is 0 Å². The normalized spacial score (nSPS) is 18.1. The quantitative estimate of drug-likeness (QED) is 0.660. The number of fused-ring (bicyclic) bond motifs is 1. The van der Waals surface area contributed by atoms with Crippen LogP contribution in [0.1, 0.15) is 12.5 Å². The number of benzene rings is 2. The van der Waals surface area contributed by atoms with Crippen molar-refractivity contribution in [3.8, 4) is 11.3 Å². The largest absolute Gasteiger partial charge is 0.365 e. The number of rotatable bonds is 4. The molecule has 0 saturated carbocycles. The number of halogens is 2. The monoisotopic (exact) mass is 448 g/mol. The Morgan fingerprint density at radius 2 is 1.97 bits per heavy atom. The summed E-state index contributed by atoms with van der Waals surface area (Å²) in [5, 5.41) is 4.99. The van der Waals surface area contributed by atoms with Crippen molar-refractivity contribution in [3.63, 3.8) is 0 Å². The summed E-state index contributed by atoms with van der Waals surface area (Å²) in [7, 11) is -3.73. The fraction of sp³-hybridized carbons (Fsp3) is 0.286. The first-order chi connectivity index (χ1) is 14.3. The number of sulfone groups is 1. The molecule has 1 aliphatic rings. The molecule has 1 aliphatic heterocycles. The topological polar surface area (TPSA) is 81.2 Å². The molecule has 1 aromatic heterocycles. The second kappa shape index (κ2) is 8.02. The summed E-state index contributed by atoms with van der Waals surface area (Å²) in [6.45, 7) is 3.33. The highest BCUT2D eigenvalue weighted by atomic mass is 35.5. The summed E-state index contributed by atoms with van der Waals surface area (Å²) in [6.07, 6.45) is 1.76. The summed E-state index contributed by atoms with van der Waals surface area (Å²) in [6, 6.07) is 11.1. The first kappa shape index (κ1) is 20.8. The van der Waals surface area contributed by atoms with Gasteiger partial charge < -0.3 is 10.6 Å². The number of hydrogen-bond acceptors (Lipinski definition) is 5. The zero-order valence-corrected chi connectivity index (χ0v) is 18.0. The SMILES string of the molecule is CCn1ccc(-c2cc3c(cc2F)S(=O)(=O)C[C@H](N)CN3Cc2ccc(Cl)cc2)n1. The first-order valence-corrected chi connectivity index (χ1v) is 11.6. The lowest BCUT2D eigenvalue weighted by molar-refractivity contribution is 0.586. The number of aryl methyl sites for hydroxylation is 1. The highest BCUT2D eigenvalue weighted by Gasteiger charge is 2.32. The van der Waals surface area contributed by atoms with Crippen LogP contribution in [-0.4, -0.2) is 36.5 Å². The van der Waals surface area contributed by atoms with Gasteiger partial charge in [0, 0.05) is 42.5 Å². The molecular weight excluding hydrogens is 427 g/mol. The third-order valence-corrected chi connectivity index (χ3v) is 7.26. The van der Waals surface area contributed by atoms with Gasteiger partial charge in [-0.05, 0) is 42.8 Å². The Labute approximate surface area is 180 Å². The van der Waals surface area contributed by atoms with E-state index in [2.05, 4.69) is 5.10 Å². The second-order valence-corrected chi connectivity index (χ2v) is 9.84. The zero-order valence-electron chi connectivity index (χ0n) is 16.4. The number of anilines is 1. The van der Waals surface area contributed by atoms with Crippen molar-refractivity contribution < 1.29 is 12.8 Å². The van der Waals surface area contributed by atoms with Gasteiger partial charge in [-0.15, -0.1) is 0 Å². The van der Waals surface area contributed by atoms with Crippen molar-refractivity contribution in [2.24, 2.45) is 5.73 Å². The molecule has 0 spiro atoms. The van der Waals surface area contributed by atoms with Gasteiger partial charge in [0.2, 0.25) is 0 Å². The van der Waals surface area contributed by atoms with E-state index in [0.717, 1.165) is 11.6 Å². The van der Waals surface area contributed by atoms with E-state index in [1.807, 2.05) is 24.0 Å². The van der Waals surface area contributed by atoms with E-state index in [9.17, 15) is 12.8 Å². The van der Waals surface area contributed by atoms with Crippen molar-refractivity contribution in [1.29, 1.82) is 0 Å². The maximum absolute atomic E-state index is 15.0. The van der Waals surface area contributed by atoms with E-state index < -0.39 is 21.7 Å². The smallest absolute Gasteiger partial charge is 0.182 e. The van der Waals surface area contributed by atoms with E-state index in [1.54, 1.807) is 35.1 Å². The second-order valence-electron chi connectivity index (χ2n) is 7.40. The lowest BCUT2D eigenvalue weighted by Crippen LogP contribution is -2.39. The Kier molecular flexibility index (Phi) is 5.57. The van der Waals surface area contributed by atoms with Crippen molar-refractivity contribution in [2.45, 2.75) is 31.0 Å². The highest BCUT2D eigenvalue weighted by molar-refractivity contribution is 7.91. The summed E-state index contributed by atoms with van der Waals surface area (Å²) in [5.41, 5.74) is 8.20. The van der Waals surface area contributed by atoms with E-state index in [1.165, 1.54) is 0 Å². The first-order valence-electron chi connectivity index (χ1n) is 9.62. The Morgan fingerprint density at radius 1 is 1.23 bits per heavy atom. The van der Waals surface area contributed by atoms with E-state index >= 15 is 0 Å². The molecule has 0 unspecified atom stereocenters. The molecule has 0 fully saturated rings. The minimum Gasteiger partial charge on any atom is -0.365 e. The Bertz CT molecular complexity index is 1180. The van der Waals surface area contributed by atoms with Gasteiger partial charge in [-0.2, -0.15) is 5.10 Å². The summed E-state index contributed by atoms with van der Waals surface area (Å²) < 4.78 is 42.4. The number of hydrogen-bond donors (Lipinski definition) is 1. The van der Waals surface area contributed by atoms with E-state index in [-0.39, 0.29) is 16.2 Å². The molecular formula is C21H22ClFN4O2S. The minimum atomic E-state index is -3.73. The van der Waals surface area contributed by atoms with E-state index in [4.69, 9.17) is 17.3 Å². The van der Waals surface area contributed by atoms with Crippen molar-refractivity contribution in [1.82, 2.24) is 9.78 Å². The minimum absolute atomic E-state index is 0.0411. The maximum atomic E-state index is 15.0. The molecule has 6 nitrogen and oxygen atoms in total.